The summed E-state index contributed by atoms with van der Waals surface area (Å²) in [7, 11) is 0. The van der Waals surface area contributed by atoms with Crippen LogP contribution in [0.2, 0.25) is 5.02 Å². The van der Waals surface area contributed by atoms with Crippen molar-refractivity contribution in [1.82, 2.24) is 19.9 Å². The molecular weight excluding hydrogens is 425 g/mol. The van der Waals surface area contributed by atoms with E-state index in [1.165, 1.54) is 17.0 Å². The van der Waals surface area contributed by atoms with Crippen molar-refractivity contribution in [1.29, 1.82) is 0 Å². The van der Waals surface area contributed by atoms with Gasteiger partial charge in [-0.15, -0.1) is 0 Å². The van der Waals surface area contributed by atoms with Gasteiger partial charge in [-0.1, -0.05) is 18.5 Å². The van der Waals surface area contributed by atoms with Crippen molar-refractivity contribution in [2.45, 2.75) is 26.1 Å². The van der Waals surface area contributed by atoms with Crippen molar-refractivity contribution in [3.8, 4) is 0 Å². The van der Waals surface area contributed by atoms with E-state index in [0.717, 1.165) is 6.07 Å². The molecule has 0 aliphatic rings. The van der Waals surface area contributed by atoms with Crippen LogP contribution in [-0.4, -0.2) is 32.3 Å². The Hall–Kier alpha value is -3.14. The molecule has 0 aliphatic heterocycles. The number of H-pyrrole nitrogens is 2. The summed E-state index contributed by atoms with van der Waals surface area (Å²) in [6.45, 7) is 1.83. The van der Waals surface area contributed by atoms with Crippen molar-refractivity contribution >= 4 is 28.4 Å². The van der Waals surface area contributed by atoms with E-state index in [9.17, 15) is 27.6 Å². The fourth-order valence-corrected chi connectivity index (χ4v) is 3.08. The van der Waals surface area contributed by atoms with Crippen LogP contribution >= 0.6 is 11.6 Å². The summed E-state index contributed by atoms with van der Waals surface area (Å²) in [5.74, 6) is -0.624. The molecule has 0 atom stereocenters. The highest BCUT2D eigenvalue weighted by Gasteiger charge is 2.32. The number of amides is 1. The minimum atomic E-state index is -4.74. The summed E-state index contributed by atoms with van der Waals surface area (Å²) in [5, 5.41) is 0.694. The molecule has 0 radical (unpaired) electrons. The monoisotopic (exact) mass is 440 g/mol. The number of aromatic nitrogens is 3. The average Bonchev–Trinajstić information content (AvgIpc) is 2.66. The molecule has 0 saturated heterocycles. The molecule has 2 heterocycles. The lowest BCUT2D eigenvalue weighted by atomic mass is 10.2. The van der Waals surface area contributed by atoms with Gasteiger partial charge < -0.3 is 14.9 Å². The number of benzene rings is 1. The predicted octanol–water partition coefficient (Wildman–Crippen LogP) is 3.34. The molecule has 0 unspecified atom stereocenters. The number of aromatic amines is 2. The van der Waals surface area contributed by atoms with E-state index in [1.54, 1.807) is 18.0 Å². The second-order valence-corrected chi connectivity index (χ2v) is 6.95. The van der Waals surface area contributed by atoms with E-state index < -0.39 is 34.5 Å². The number of carbonyl (C=O) groups is 1. The third-order valence-electron chi connectivity index (χ3n) is 4.28. The third-order valence-corrected chi connectivity index (χ3v) is 4.52. The van der Waals surface area contributed by atoms with E-state index >= 15 is 0 Å². The zero-order valence-corrected chi connectivity index (χ0v) is 16.4. The van der Waals surface area contributed by atoms with Gasteiger partial charge >= 0.3 is 6.18 Å². The molecule has 30 heavy (non-hydrogen) atoms. The summed E-state index contributed by atoms with van der Waals surface area (Å²) < 4.78 is 38.2. The van der Waals surface area contributed by atoms with Crippen LogP contribution in [0.25, 0.3) is 10.9 Å². The van der Waals surface area contributed by atoms with Crippen LogP contribution in [0.4, 0.5) is 13.2 Å². The minimum Gasteiger partial charge on any atom is -0.331 e. The molecule has 0 bridgehead atoms. The highest BCUT2D eigenvalue weighted by molar-refractivity contribution is 6.31. The van der Waals surface area contributed by atoms with Crippen LogP contribution in [0.5, 0.6) is 0 Å². The number of fused-ring (bicyclic) bond motifs is 1. The smallest absolute Gasteiger partial charge is 0.331 e. The maximum Gasteiger partial charge on any atom is 0.431 e. The molecular formula is C19H16ClF3N4O3. The molecule has 2 aromatic heterocycles. The lowest BCUT2D eigenvalue weighted by molar-refractivity contribution is -0.141. The van der Waals surface area contributed by atoms with Crippen LogP contribution in [-0.2, 0) is 12.7 Å². The number of carbonyl (C=O) groups excluding carboxylic acids is 1. The van der Waals surface area contributed by atoms with Gasteiger partial charge in [0.2, 0.25) is 0 Å². The van der Waals surface area contributed by atoms with Gasteiger partial charge in [-0.3, -0.25) is 14.4 Å². The SMILES string of the molecule is CCCN(Cc1nc2cc(Cl)ccc2c(=O)[nH]1)C(=O)c1ccc(C(F)(F)F)[nH]c1=O. The first-order valence-corrected chi connectivity index (χ1v) is 9.26. The normalized spacial score (nSPS) is 11.6. The van der Waals surface area contributed by atoms with Gasteiger partial charge in [0.15, 0.2) is 0 Å². The number of rotatable bonds is 5. The second kappa shape index (κ2) is 8.31. The van der Waals surface area contributed by atoms with Crippen molar-refractivity contribution in [2.75, 3.05) is 6.54 Å². The average molecular weight is 441 g/mol. The molecule has 0 spiro atoms. The molecule has 7 nitrogen and oxygen atoms in total. The van der Waals surface area contributed by atoms with E-state index in [4.69, 9.17) is 11.6 Å². The molecule has 11 heteroatoms. The molecule has 3 aromatic rings. The van der Waals surface area contributed by atoms with Gasteiger partial charge in [0.25, 0.3) is 17.0 Å². The molecule has 2 N–H and O–H groups in total. The van der Waals surface area contributed by atoms with E-state index in [2.05, 4.69) is 9.97 Å². The van der Waals surface area contributed by atoms with Crippen LogP contribution < -0.4 is 11.1 Å². The standard InChI is InChI=1S/C19H16ClF3N4O3/c1-2-7-27(18(30)12-5-6-14(19(21,22)23)25-17(12)29)9-15-24-13-8-10(20)3-4-11(13)16(28)26-15/h3-6,8H,2,7,9H2,1H3,(H,25,29)(H,24,26,28). The Labute approximate surface area is 172 Å². The maximum atomic E-state index is 12.8. The Morgan fingerprint density at radius 3 is 2.50 bits per heavy atom. The second-order valence-electron chi connectivity index (χ2n) is 6.51. The first-order chi connectivity index (χ1) is 14.1. The Balaban J connectivity index is 1.95. The summed E-state index contributed by atoms with van der Waals surface area (Å²) in [5.41, 5.74) is -2.94. The molecule has 0 saturated carbocycles. The third kappa shape index (κ3) is 4.54. The molecule has 1 aromatic carbocycles. The number of hydrogen-bond donors (Lipinski definition) is 2. The largest absolute Gasteiger partial charge is 0.431 e. The Morgan fingerprint density at radius 1 is 1.13 bits per heavy atom. The van der Waals surface area contributed by atoms with Crippen molar-refractivity contribution in [2.24, 2.45) is 0 Å². The fraction of sp³-hybridized carbons (Fsp3) is 0.263. The number of nitrogens with one attached hydrogen (secondary N) is 2. The molecule has 158 valence electrons. The van der Waals surface area contributed by atoms with Crippen LogP contribution in [0, 0.1) is 0 Å². The van der Waals surface area contributed by atoms with Gasteiger partial charge in [-0.25, -0.2) is 4.98 Å². The van der Waals surface area contributed by atoms with E-state index in [1.807, 2.05) is 0 Å². The Morgan fingerprint density at radius 2 is 1.87 bits per heavy atom. The predicted molar refractivity (Wildman–Crippen MR) is 104 cm³/mol. The molecule has 1 amide bonds. The zero-order chi connectivity index (χ0) is 22.1. The number of nitrogens with zero attached hydrogens (tertiary/aromatic N) is 2. The first kappa shape index (κ1) is 21.6. The zero-order valence-electron chi connectivity index (χ0n) is 15.6. The summed E-state index contributed by atoms with van der Waals surface area (Å²) in [4.78, 5) is 46.9. The van der Waals surface area contributed by atoms with Crippen molar-refractivity contribution in [3.63, 3.8) is 0 Å². The van der Waals surface area contributed by atoms with Gasteiger partial charge in [-0.2, -0.15) is 13.2 Å². The molecule has 0 fully saturated rings. The molecule has 0 aliphatic carbocycles. The Bertz CT molecular complexity index is 1220. The Kier molecular flexibility index (Phi) is 5.97. The minimum absolute atomic E-state index is 0.148. The van der Waals surface area contributed by atoms with Gasteiger partial charge in [-0.05, 0) is 36.8 Å². The fourth-order valence-electron chi connectivity index (χ4n) is 2.92. The first-order valence-electron chi connectivity index (χ1n) is 8.88. The van der Waals surface area contributed by atoms with Crippen LogP contribution in [0.3, 0.4) is 0 Å². The number of halogens is 4. The lowest BCUT2D eigenvalue weighted by Crippen LogP contribution is -2.36. The number of alkyl halides is 3. The van der Waals surface area contributed by atoms with Crippen LogP contribution in [0.15, 0.2) is 39.9 Å². The highest BCUT2D eigenvalue weighted by atomic mass is 35.5. The quantitative estimate of drug-likeness (QED) is 0.635. The lowest BCUT2D eigenvalue weighted by Gasteiger charge is -2.21. The number of hydrogen-bond acceptors (Lipinski definition) is 4. The van der Waals surface area contributed by atoms with Gasteiger partial charge in [0.1, 0.15) is 17.1 Å². The van der Waals surface area contributed by atoms with Crippen molar-refractivity contribution < 1.29 is 18.0 Å². The number of pyridine rings is 1. The topological polar surface area (TPSA) is 98.9 Å². The van der Waals surface area contributed by atoms with E-state index in [0.29, 0.717) is 28.4 Å². The van der Waals surface area contributed by atoms with Gasteiger partial charge in [0.05, 0.1) is 17.4 Å². The summed E-state index contributed by atoms with van der Waals surface area (Å²) in [6, 6.07) is 6.04. The highest BCUT2D eigenvalue weighted by Crippen LogP contribution is 2.26. The summed E-state index contributed by atoms with van der Waals surface area (Å²) >= 11 is 5.94. The molecule has 3 rings (SSSR count). The summed E-state index contributed by atoms with van der Waals surface area (Å²) in [6.07, 6.45) is -4.23. The van der Waals surface area contributed by atoms with Gasteiger partial charge in [0, 0.05) is 11.6 Å². The van der Waals surface area contributed by atoms with Crippen molar-refractivity contribution in [3.05, 3.63) is 73.1 Å². The van der Waals surface area contributed by atoms with E-state index in [-0.39, 0.29) is 18.9 Å². The van der Waals surface area contributed by atoms with Crippen LogP contribution in [0.1, 0.15) is 35.2 Å². The maximum absolute atomic E-state index is 12.8.